The van der Waals surface area contributed by atoms with Gasteiger partial charge in [-0.1, -0.05) is 42.0 Å². The smallest absolute Gasteiger partial charge is 0.261 e. The zero-order valence-corrected chi connectivity index (χ0v) is 17.2. The first kappa shape index (κ1) is 19.7. The zero-order chi connectivity index (χ0) is 20.4. The van der Waals surface area contributed by atoms with Gasteiger partial charge in [0.15, 0.2) is 0 Å². The number of carbonyl (C=O) groups is 2. The standard InChI is InChI=1S/C23H24ClN3O2/c1-17-8-9-18(24)16-21(17)26-14-12-25(13-15-26)10-4-5-11-27-22(28)19-6-2-3-7-20(19)23(27)29/h2-9,16H,10-15H2,1H3/b5-4-. The normalized spacial score (nSPS) is 17.4. The van der Waals surface area contributed by atoms with E-state index in [1.807, 2.05) is 24.3 Å². The molecule has 1 saturated heterocycles. The highest BCUT2D eigenvalue weighted by molar-refractivity contribution is 6.30. The van der Waals surface area contributed by atoms with E-state index in [1.54, 1.807) is 24.3 Å². The van der Waals surface area contributed by atoms with Gasteiger partial charge in [-0.05, 0) is 36.8 Å². The summed E-state index contributed by atoms with van der Waals surface area (Å²) in [5.41, 5.74) is 3.44. The van der Waals surface area contributed by atoms with Gasteiger partial charge in [-0.25, -0.2) is 0 Å². The molecule has 1 fully saturated rings. The molecule has 0 saturated carbocycles. The van der Waals surface area contributed by atoms with E-state index >= 15 is 0 Å². The Morgan fingerprint density at radius 3 is 2.17 bits per heavy atom. The minimum Gasteiger partial charge on any atom is -0.369 e. The topological polar surface area (TPSA) is 43.9 Å². The Kier molecular flexibility index (Phi) is 5.69. The third kappa shape index (κ3) is 4.07. The Morgan fingerprint density at radius 1 is 0.897 bits per heavy atom. The van der Waals surface area contributed by atoms with Crippen molar-refractivity contribution in [1.29, 1.82) is 0 Å². The molecule has 29 heavy (non-hydrogen) atoms. The largest absolute Gasteiger partial charge is 0.369 e. The van der Waals surface area contributed by atoms with Gasteiger partial charge in [0.25, 0.3) is 11.8 Å². The number of hydrogen-bond donors (Lipinski definition) is 0. The molecule has 0 atom stereocenters. The molecule has 2 aromatic rings. The maximum Gasteiger partial charge on any atom is 0.261 e. The summed E-state index contributed by atoms with van der Waals surface area (Å²) in [7, 11) is 0. The number of benzene rings is 2. The number of carbonyl (C=O) groups excluding carboxylic acids is 2. The van der Waals surface area contributed by atoms with Crippen molar-refractivity contribution in [2.75, 3.05) is 44.2 Å². The van der Waals surface area contributed by atoms with Crippen molar-refractivity contribution in [2.24, 2.45) is 0 Å². The number of imide groups is 1. The Balaban J connectivity index is 1.27. The number of rotatable bonds is 5. The van der Waals surface area contributed by atoms with E-state index in [0.717, 1.165) is 37.7 Å². The molecule has 150 valence electrons. The molecule has 0 unspecified atom stereocenters. The predicted molar refractivity (Wildman–Crippen MR) is 116 cm³/mol. The van der Waals surface area contributed by atoms with Crippen LogP contribution < -0.4 is 4.90 Å². The molecule has 2 aliphatic rings. The van der Waals surface area contributed by atoms with Gasteiger partial charge in [-0.15, -0.1) is 0 Å². The minimum absolute atomic E-state index is 0.208. The zero-order valence-electron chi connectivity index (χ0n) is 16.5. The van der Waals surface area contributed by atoms with E-state index in [-0.39, 0.29) is 11.8 Å². The van der Waals surface area contributed by atoms with Crippen LogP contribution in [-0.4, -0.2) is 60.9 Å². The molecule has 0 spiro atoms. The average Bonchev–Trinajstić information content (AvgIpc) is 2.98. The van der Waals surface area contributed by atoms with Gasteiger partial charge in [0, 0.05) is 50.0 Å². The summed E-state index contributed by atoms with van der Waals surface area (Å²) in [6, 6.07) is 13.0. The lowest BCUT2D eigenvalue weighted by molar-refractivity contribution is 0.0672. The van der Waals surface area contributed by atoms with E-state index in [0.29, 0.717) is 17.7 Å². The Morgan fingerprint density at radius 2 is 1.52 bits per heavy atom. The molecule has 2 aliphatic heterocycles. The fraction of sp³-hybridized carbons (Fsp3) is 0.304. The van der Waals surface area contributed by atoms with Gasteiger partial charge >= 0.3 is 0 Å². The van der Waals surface area contributed by atoms with E-state index in [4.69, 9.17) is 11.6 Å². The van der Waals surface area contributed by atoms with Gasteiger partial charge in [0.2, 0.25) is 0 Å². The lowest BCUT2D eigenvalue weighted by atomic mass is 10.1. The summed E-state index contributed by atoms with van der Waals surface area (Å²) in [6.07, 6.45) is 3.96. The predicted octanol–water partition coefficient (Wildman–Crippen LogP) is 3.62. The molecular weight excluding hydrogens is 386 g/mol. The van der Waals surface area contributed by atoms with Crippen LogP contribution in [0, 0.1) is 6.92 Å². The van der Waals surface area contributed by atoms with Crippen LogP contribution in [0.3, 0.4) is 0 Å². The molecule has 2 heterocycles. The second-order valence-electron chi connectivity index (χ2n) is 7.46. The summed E-state index contributed by atoms with van der Waals surface area (Å²) in [4.78, 5) is 30.8. The van der Waals surface area contributed by atoms with Crippen molar-refractivity contribution in [1.82, 2.24) is 9.80 Å². The highest BCUT2D eigenvalue weighted by atomic mass is 35.5. The van der Waals surface area contributed by atoms with Crippen LogP contribution in [0.2, 0.25) is 5.02 Å². The molecule has 0 N–H and O–H groups in total. The third-order valence-electron chi connectivity index (χ3n) is 5.58. The average molecular weight is 410 g/mol. The van der Waals surface area contributed by atoms with Crippen LogP contribution in [0.25, 0.3) is 0 Å². The summed E-state index contributed by atoms with van der Waals surface area (Å²) in [5.74, 6) is -0.415. The van der Waals surface area contributed by atoms with E-state index in [9.17, 15) is 9.59 Å². The molecule has 5 nitrogen and oxygen atoms in total. The van der Waals surface area contributed by atoms with Crippen LogP contribution in [0.15, 0.2) is 54.6 Å². The second kappa shape index (κ2) is 8.39. The summed E-state index contributed by atoms with van der Waals surface area (Å²) >= 11 is 6.16. The summed E-state index contributed by atoms with van der Waals surface area (Å²) in [5, 5.41) is 0.768. The second-order valence-corrected chi connectivity index (χ2v) is 7.89. The Labute approximate surface area is 176 Å². The highest BCUT2D eigenvalue weighted by Crippen LogP contribution is 2.25. The van der Waals surface area contributed by atoms with Crippen LogP contribution in [0.1, 0.15) is 26.3 Å². The number of piperazine rings is 1. The molecule has 6 heteroatoms. The van der Waals surface area contributed by atoms with Crippen molar-refractivity contribution in [2.45, 2.75) is 6.92 Å². The summed E-state index contributed by atoms with van der Waals surface area (Å²) < 4.78 is 0. The first-order valence-corrected chi connectivity index (χ1v) is 10.3. The number of anilines is 1. The molecule has 0 bridgehead atoms. The Bertz CT molecular complexity index is 929. The molecule has 0 aliphatic carbocycles. The SMILES string of the molecule is Cc1ccc(Cl)cc1N1CCN(C/C=C\CN2C(=O)c3ccccc3C2=O)CC1. The molecule has 2 amide bonds. The fourth-order valence-corrected chi connectivity index (χ4v) is 4.07. The molecule has 0 radical (unpaired) electrons. The Hall–Kier alpha value is -2.63. The molecule has 0 aromatic heterocycles. The number of amides is 2. The van der Waals surface area contributed by atoms with Gasteiger partial charge in [-0.2, -0.15) is 0 Å². The number of aryl methyl sites for hydroxylation is 1. The van der Waals surface area contributed by atoms with Gasteiger partial charge in [-0.3, -0.25) is 19.4 Å². The van der Waals surface area contributed by atoms with Gasteiger partial charge in [0.05, 0.1) is 11.1 Å². The first-order chi connectivity index (χ1) is 14.0. The third-order valence-corrected chi connectivity index (χ3v) is 5.82. The lowest BCUT2D eigenvalue weighted by Gasteiger charge is -2.36. The molecule has 4 rings (SSSR count). The maximum absolute atomic E-state index is 12.4. The first-order valence-electron chi connectivity index (χ1n) is 9.88. The number of halogens is 1. The van der Waals surface area contributed by atoms with Crippen LogP contribution in [0.5, 0.6) is 0 Å². The van der Waals surface area contributed by atoms with Crippen molar-refractivity contribution < 1.29 is 9.59 Å². The highest BCUT2D eigenvalue weighted by Gasteiger charge is 2.34. The number of hydrogen-bond acceptors (Lipinski definition) is 4. The molecular formula is C23H24ClN3O2. The maximum atomic E-state index is 12.4. The lowest BCUT2D eigenvalue weighted by Crippen LogP contribution is -2.46. The number of nitrogens with zero attached hydrogens (tertiary/aromatic N) is 3. The summed E-state index contributed by atoms with van der Waals surface area (Å²) in [6.45, 7) is 7.06. The monoisotopic (exact) mass is 409 g/mol. The van der Waals surface area contributed by atoms with Crippen molar-refractivity contribution in [3.8, 4) is 0 Å². The number of fused-ring (bicyclic) bond motifs is 1. The van der Waals surface area contributed by atoms with E-state index in [2.05, 4.69) is 22.8 Å². The van der Waals surface area contributed by atoms with Crippen molar-refractivity contribution >= 4 is 29.1 Å². The van der Waals surface area contributed by atoms with E-state index in [1.165, 1.54) is 16.2 Å². The van der Waals surface area contributed by atoms with Gasteiger partial charge < -0.3 is 4.90 Å². The molecule has 2 aromatic carbocycles. The quantitative estimate of drug-likeness (QED) is 0.558. The minimum atomic E-state index is -0.208. The van der Waals surface area contributed by atoms with E-state index < -0.39 is 0 Å². The van der Waals surface area contributed by atoms with Gasteiger partial charge in [0.1, 0.15) is 0 Å². The van der Waals surface area contributed by atoms with Crippen molar-refractivity contribution in [3.05, 3.63) is 76.3 Å². The van der Waals surface area contributed by atoms with Crippen LogP contribution in [0.4, 0.5) is 5.69 Å². The van der Waals surface area contributed by atoms with Crippen LogP contribution in [-0.2, 0) is 0 Å². The van der Waals surface area contributed by atoms with Crippen LogP contribution >= 0.6 is 11.6 Å². The fourth-order valence-electron chi connectivity index (χ4n) is 3.90. The van der Waals surface area contributed by atoms with Crippen molar-refractivity contribution in [3.63, 3.8) is 0 Å².